The molecule has 1 aliphatic heterocycles. The summed E-state index contributed by atoms with van der Waals surface area (Å²) >= 11 is 0. The summed E-state index contributed by atoms with van der Waals surface area (Å²) < 4.78 is 5.33. The molecule has 1 unspecified atom stereocenters. The van der Waals surface area contributed by atoms with Gasteiger partial charge in [-0.15, -0.1) is 0 Å². The Morgan fingerprint density at radius 2 is 1.85 bits per heavy atom. The Kier molecular flexibility index (Phi) is 4.09. The van der Waals surface area contributed by atoms with Crippen LogP contribution >= 0.6 is 0 Å². The van der Waals surface area contributed by atoms with Gasteiger partial charge in [0.15, 0.2) is 6.10 Å². The van der Waals surface area contributed by atoms with Gasteiger partial charge in [-0.1, -0.05) is 18.2 Å². The number of carboxylic acids is 1. The molecule has 0 aromatic heterocycles. The predicted molar refractivity (Wildman–Crippen MR) is 73.8 cm³/mol. The number of rotatable bonds is 2. The van der Waals surface area contributed by atoms with Gasteiger partial charge < -0.3 is 14.7 Å². The third kappa shape index (κ3) is 2.82. The zero-order chi connectivity index (χ0) is 14.9. The highest BCUT2D eigenvalue weighted by Gasteiger charge is 2.33. The van der Waals surface area contributed by atoms with Crippen molar-refractivity contribution in [3.63, 3.8) is 0 Å². The maximum atomic E-state index is 12.6. The Morgan fingerprint density at radius 3 is 2.40 bits per heavy atom. The van der Waals surface area contributed by atoms with Crippen LogP contribution in [-0.2, 0) is 9.53 Å². The summed E-state index contributed by atoms with van der Waals surface area (Å²) in [6.07, 6.45) is -1.23. The first-order valence-electron chi connectivity index (χ1n) is 6.64. The van der Waals surface area contributed by atoms with Crippen molar-refractivity contribution in [2.24, 2.45) is 0 Å². The van der Waals surface area contributed by atoms with E-state index < -0.39 is 12.1 Å². The van der Waals surface area contributed by atoms with E-state index in [1.165, 1.54) is 0 Å². The van der Waals surface area contributed by atoms with Gasteiger partial charge >= 0.3 is 5.97 Å². The molecule has 1 heterocycles. The van der Waals surface area contributed by atoms with Crippen LogP contribution in [0.4, 0.5) is 0 Å². The fraction of sp³-hybridized carbons (Fsp3) is 0.467. The molecule has 1 aromatic rings. The summed E-state index contributed by atoms with van der Waals surface area (Å²) in [4.78, 5) is 25.3. The summed E-state index contributed by atoms with van der Waals surface area (Å²) in [6.45, 7) is 6.06. The summed E-state index contributed by atoms with van der Waals surface area (Å²) in [5.74, 6) is -1.15. The minimum absolute atomic E-state index is 0.0896. The van der Waals surface area contributed by atoms with E-state index in [9.17, 15) is 9.59 Å². The molecule has 1 N–H and O–H groups in total. The molecule has 2 rings (SSSR count). The first kappa shape index (κ1) is 14.5. The van der Waals surface area contributed by atoms with Crippen molar-refractivity contribution >= 4 is 11.9 Å². The molecule has 0 radical (unpaired) electrons. The molecule has 0 saturated carbocycles. The third-order valence-corrected chi connectivity index (χ3v) is 3.52. The van der Waals surface area contributed by atoms with E-state index in [2.05, 4.69) is 0 Å². The van der Waals surface area contributed by atoms with Crippen LogP contribution in [0.25, 0.3) is 0 Å². The van der Waals surface area contributed by atoms with Crippen LogP contribution in [0, 0.1) is 13.8 Å². The third-order valence-electron chi connectivity index (χ3n) is 3.52. The number of carboxylic acid groups (broad SMARTS) is 1. The molecule has 5 nitrogen and oxygen atoms in total. The second-order valence-electron chi connectivity index (χ2n) is 5.25. The summed E-state index contributed by atoms with van der Waals surface area (Å²) in [5, 5.41) is 9.07. The average Bonchev–Trinajstić information content (AvgIpc) is 2.37. The monoisotopic (exact) mass is 277 g/mol. The Balaban J connectivity index is 2.26. The van der Waals surface area contributed by atoms with E-state index in [4.69, 9.17) is 9.84 Å². The Labute approximate surface area is 118 Å². The average molecular weight is 277 g/mol. The topological polar surface area (TPSA) is 66.8 Å². The van der Waals surface area contributed by atoms with Crippen molar-refractivity contribution in [3.05, 3.63) is 34.9 Å². The van der Waals surface area contributed by atoms with Crippen molar-refractivity contribution in [1.82, 2.24) is 4.90 Å². The Bertz CT molecular complexity index is 520. The smallest absolute Gasteiger partial charge is 0.334 e. The molecule has 0 spiro atoms. The predicted octanol–water partition coefficient (Wildman–Crippen LogP) is 1.62. The number of nitrogens with zero attached hydrogens (tertiary/aromatic N) is 1. The number of hydrogen-bond donors (Lipinski definition) is 1. The number of ether oxygens (including phenoxy) is 1. The van der Waals surface area contributed by atoms with Crippen LogP contribution in [0.5, 0.6) is 0 Å². The molecule has 0 bridgehead atoms. The number of hydrogen-bond acceptors (Lipinski definition) is 3. The second kappa shape index (κ2) is 5.63. The number of amides is 1. The molecular formula is C15H19NO4. The zero-order valence-electron chi connectivity index (χ0n) is 11.9. The van der Waals surface area contributed by atoms with E-state index in [0.29, 0.717) is 12.1 Å². The number of carbonyl (C=O) groups excluding carboxylic acids is 1. The van der Waals surface area contributed by atoms with E-state index in [1.54, 1.807) is 11.8 Å². The van der Waals surface area contributed by atoms with Crippen molar-refractivity contribution in [3.8, 4) is 0 Å². The molecule has 1 aromatic carbocycles. The second-order valence-corrected chi connectivity index (χ2v) is 5.25. The highest BCUT2D eigenvalue weighted by molar-refractivity contribution is 5.97. The SMILES string of the molecule is Cc1cccc(C)c1C(=O)N1CC(C(=O)O)O[C@H](C)C1. The molecule has 2 atom stereocenters. The number of aliphatic carboxylic acids is 1. The van der Waals surface area contributed by atoms with Gasteiger partial charge in [-0.05, 0) is 31.9 Å². The lowest BCUT2D eigenvalue weighted by Crippen LogP contribution is -2.52. The van der Waals surface area contributed by atoms with Crippen LogP contribution in [-0.4, -0.2) is 47.2 Å². The van der Waals surface area contributed by atoms with Gasteiger partial charge in [0.2, 0.25) is 0 Å². The van der Waals surface area contributed by atoms with E-state index >= 15 is 0 Å². The van der Waals surface area contributed by atoms with Gasteiger partial charge in [0.25, 0.3) is 5.91 Å². The van der Waals surface area contributed by atoms with Crippen molar-refractivity contribution in [2.75, 3.05) is 13.1 Å². The summed E-state index contributed by atoms with van der Waals surface area (Å²) in [7, 11) is 0. The Hall–Kier alpha value is -1.88. The van der Waals surface area contributed by atoms with E-state index in [-0.39, 0.29) is 18.6 Å². The molecule has 1 aliphatic rings. The largest absolute Gasteiger partial charge is 0.479 e. The van der Waals surface area contributed by atoms with Crippen molar-refractivity contribution in [2.45, 2.75) is 33.0 Å². The lowest BCUT2D eigenvalue weighted by molar-refractivity contribution is -0.160. The number of carbonyl (C=O) groups is 2. The van der Waals surface area contributed by atoms with Gasteiger partial charge in [-0.25, -0.2) is 4.79 Å². The molecule has 0 aliphatic carbocycles. The van der Waals surface area contributed by atoms with Gasteiger partial charge in [0, 0.05) is 12.1 Å². The molecule has 1 fully saturated rings. The van der Waals surface area contributed by atoms with Crippen LogP contribution in [0.15, 0.2) is 18.2 Å². The summed E-state index contributed by atoms with van der Waals surface area (Å²) in [6, 6.07) is 5.68. The number of benzene rings is 1. The standard InChI is InChI=1S/C15H19NO4/c1-9-5-4-6-10(2)13(9)14(17)16-7-11(3)20-12(8-16)15(18)19/h4-6,11-12H,7-8H2,1-3H3,(H,18,19)/t11-,12?/m1/s1. The van der Waals surface area contributed by atoms with Crippen molar-refractivity contribution < 1.29 is 19.4 Å². The van der Waals surface area contributed by atoms with Crippen molar-refractivity contribution in [1.29, 1.82) is 0 Å². The maximum absolute atomic E-state index is 12.6. The van der Waals surface area contributed by atoms with Crippen LogP contribution < -0.4 is 0 Å². The fourth-order valence-electron chi connectivity index (χ4n) is 2.56. The van der Waals surface area contributed by atoms with Crippen LogP contribution in [0.3, 0.4) is 0 Å². The molecule has 20 heavy (non-hydrogen) atoms. The quantitative estimate of drug-likeness (QED) is 0.892. The zero-order valence-corrected chi connectivity index (χ0v) is 11.9. The normalized spacial score (nSPS) is 22.6. The molecule has 1 amide bonds. The van der Waals surface area contributed by atoms with Gasteiger partial charge in [0.1, 0.15) is 0 Å². The van der Waals surface area contributed by atoms with Crippen LogP contribution in [0.2, 0.25) is 0 Å². The highest BCUT2D eigenvalue weighted by Crippen LogP contribution is 2.19. The van der Waals surface area contributed by atoms with Gasteiger partial charge in [0.05, 0.1) is 12.6 Å². The number of aryl methyl sites for hydroxylation is 2. The van der Waals surface area contributed by atoms with Crippen LogP contribution in [0.1, 0.15) is 28.4 Å². The first-order valence-corrected chi connectivity index (χ1v) is 6.64. The number of morpholine rings is 1. The van der Waals surface area contributed by atoms with Gasteiger partial charge in [-0.2, -0.15) is 0 Å². The first-order chi connectivity index (χ1) is 9.40. The lowest BCUT2D eigenvalue weighted by Gasteiger charge is -2.35. The minimum atomic E-state index is -1.03. The Morgan fingerprint density at radius 1 is 1.25 bits per heavy atom. The summed E-state index contributed by atoms with van der Waals surface area (Å²) in [5.41, 5.74) is 2.47. The fourth-order valence-corrected chi connectivity index (χ4v) is 2.56. The molecule has 1 saturated heterocycles. The minimum Gasteiger partial charge on any atom is -0.479 e. The van der Waals surface area contributed by atoms with E-state index in [1.807, 2.05) is 32.0 Å². The highest BCUT2D eigenvalue weighted by atomic mass is 16.5. The van der Waals surface area contributed by atoms with E-state index in [0.717, 1.165) is 11.1 Å². The molecule has 5 heteroatoms. The lowest BCUT2D eigenvalue weighted by atomic mass is 10.0. The molecular weight excluding hydrogens is 258 g/mol. The maximum Gasteiger partial charge on any atom is 0.334 e. The molecule has 108 valence electrons. The van der Waals surface area contributed by atoms with Gasteiger partial charge in [-0.3, -0.25) is 4.79 Å².